The molecule has 0 saturated heterocycles. The van der Waals surface area contributed by atoms with E-state index in [4.69, 9.17) is 5.10 Å². The van der Waals surface area contributed by atoms with Crippen molar-refractivity contribution in [2.75, 3.05) is 0 Å². The maximum atomic E-state index is 4.88. The molecule has 2 nitrogen and oxygen atoms in total. The van der Waals surface area contributed by atoms with E-state index in [-0.39, 0.29) is 10.8 Å². The van der Waals surface area contributed by atoms with Crippen LogP contribution in [0.1, 0.15) is 58.5 Å². The third kappa shape index (κ3) is 2.95. The van der Waals surface area contributed by atoms with Gasteiger partial charge in [-0.3, -0.25) is 0 Å². The predicted octanol–water partition coefficient (Wildman–Crippen LogP) is 4.78. The molecule has 0 amide bonds. The zero-order valence-electron chi connectivity index (χ0n) is 13.8. The fourth-order valence-electron chi connectivity index (χ4n) is 2.24. The van der Waals surface area contributed by atoms with Crippen molar-refractivity contribution >= 4 is 0 Å². The molecule has 20 heavy (non-hydrogen) atoms. The molecule has 0 unspecified atom stereocenters. The van der Waals surface area contributed by atoms with Crippen LogP contribution in [0.4, 0.5) is 0 Å². The van der Waals surface area contributed by atoms with Gasteiger partial charge in [0.15, 0.2) is 0 Å². The van der Waals surface area contributed by atoms with Gasteiger partial charge in [-0.2, -0.15) is 5.10 Å². The van der Waals surface area contributed by atoms with Gasteiger partial charge in [0.25, 0.3) is 0 Å². The molecule has 2 aromatic rings. The highest BCUT2D eigenvalue weighted by molar-refractivity contribution is 5.39. The Kier molecular flexibility index (Phi) is 3.53. The molecule has 0 aliphatic carbocycles. The van der Waals surface area contributed by atoms with Gasteiger partial charge in [-0.15, -0.1) is 0 Å². The Balaban J connectivity index is 2.65. The van der Waals surface area contributed by atoms with Crippen LogP contribution in [-0.2, 0) is 10.8 Å². The first-order valence-electron chi connectivity index (χ1n) is 7.27. The predicted molar refractivity (Wildman–Crippen MR) is 85.7 cm³/mol. The van der Waals surface area contributed by atoms with Crippen LogP contribution < -0.4 is 0 Å². The van der Waals surface area contributed by atoms with Crippen LogP contribution in [0.5, 0.6) is 0 Å². The molecular formula is C18H26N2. The van der Waals surface area contributed by atoms with Crippen LogP contribution in [0.15, 0.2) is 30.3 Å². The van der Waals surface area contributed by atoms with Crippen LogP contribution >= 0.6 is 0 Å². The fraction of sp³-hybridized carbons (Fsp3) is 0.500. The number of hydrogen-bond acceptors (Lipinski definition) is 1. The van der Waals surface area contributed by atoms with Crippen molar-refractivity contribution in [2.45, 2.75) is 59.3 Å². The lowest BCUT2D eigenvalue weighted by Crippen LogP contribution is -2.17. The highest BCUT2D eigenvalue weighted by Crippen LogP contribution is 2.30. The van der Waals surface area contributed by atoms with E-state index in [0.717, 1.165) is 11.4 Å². The molecule has 0 fully saturated rings. The Hall–Kier alpha value is -1.57. The Labute approximate surface area is 122 Å². The zero-order chi connectivity index (χ0) is 15.1. The van der Waals surface area contributed by atoms with Crippen molar-refractivity contribution in [1.82, 2.24) is 9.78 Å². The highest BCUT2D eigenvalue weighted by Gasteiger charge is 2.26. The summed E-state index contributed by atoms with van der Waals surface area (Å²) < 4.78 is 2.10. The first kappa shape index (κ1) is 14.8. The molecule has 2 heteroatoms. The molecule has 1 heterocycles. The molecule has 1 aromatic heterocycles. The van der Waals surface area contributed by atoms with Gasteiger partial charge in [0.05, 0.1) is 11.4 Å². The lowest BCUT2D eigenvalue weighted by Gasteiger charge is -2.20. The topological polar surface area (TPSA) is 17.8 Å². The van der Waals surface area contributed by atoms with Gasteiger partial charge in [0, 0.05) is 16.5 Å². The summed E-state index contributed by atoms with van der Waals surface area (Å²) in [5, 5.41) is 4.88. The highest BCUT2D eigenvalue weighted by atomic mass is 15.3. The zero-order valence-corrected chi connectivity index (χ0v) is 13.8. The monoisotopic (exact) mass is 270 g/mol. The SMILES string of the molecule is Cc1cccc(-n2nc(C(C)(C)C)cc2C(C)(C)C)c1. The third-order valence-corrected chi connectivity index (χ3v) is 3.49. The standard InChI is InChI=1S/C18H26N2/c1-13-9-8-10-14(11-13)20-16(18(5,6)7)12-15(19-20)17(2,3)4/h8-12H,1-7H3. The number of hydrogen-bond donors (Lipinski definition) is 0. The summed E-state index contributed by atoms with van der Waals surface area (Å²) in [5.41, 5.74) is 4.94. The Morgan fingerprint density at radius 3 is 2.05 bits per heavy atom. The van der Waals surface area contributed by atoms with Crippen LogP contribution in [0.2, 0.25) is 0 Å². The quantitative estimate of drug-likeness (QED) is 0.729. The number of benzene rings is 1. The van der Waals surface area contributed by atoms with Gasteiger partial charge in [-0.05, 0) is 30.7 Å². The molecular weight excluding hydrogens is 244 g/mol. The largest absolute Gasteiger partial charge is 0.237 e. The summed E-state index contributed by atoms with van der Waals surface area (Å²) in [6.45, 7) is 15.5. The van der Waals surface area contributed by atoms with Gasteiger partial charge in [-0.1, -0.05) is 53.7 Å². The lowest BCUT2D eigenvalue weighted by atomic mass is 9.88. The van der Waals surface area contributed by atoms with Gasteiger partial charge in [-0.25, -0.2) is 4.68 Å². The summed E-state index contributed by atoms with van der Waals surface area (Å²) in [6.07, 6.45) is 0. The maximum Gasteiger partial charge on any atom is 0.0685 e. The van der Waals surface area contributed by atoms with E-state index in [2.05, 4.69) is 83.5 Å². The number of aryl methyl sites for hydroxylation is 1. The van der Waals surface area contributed by atoms with E-state index in [1.54, 1.807) is 0 Å². The number of aromatic nitrogens is 2. The second-order valence-corrected chi connectivity index (χ2v) is 7.67. The first-order chi connectivity index (χ1) is 9.09. The Morgan fingerprint density at radius 2 is 1.55 bits per heavy atom. The van der Waals surface area contributed by atoms with Crippen LogP contribution in [0.3, 0.4) is 0 Å². The summed E-state index contributed by atoms with van der Waals surface area (Å²) in [5.74, 6) is 0. The minimum absolute atomic E-state index is 0.0646. The molecule has 0 atom stereocenters. The lowest BCUT2D eigenvalue weighted by molar-refractivity contribution is 0.537. The smallest absolute Gasteiger partial charge is 0.0685 e. The van der Waals surface area contributed by atoms with E-state index >= 15 is 0 Å². The van der Waals surface area contributed by atoms with Crippen molar-refractivity contribution < 1.29 is 0 Å². The van der Waals surface area contributed by atoms with Gasteiger partial charge in [0.2, 0.25) is 0 Å². The van der Waals surface area contributed by atoms with E-state index in [0.29, 0.717) is 0 Å². The summed E-state index contributed by atoms with van der Waals surface area (Å²) in [4.78, 5) is 0. The molecule has 0 aliphatic heterocycles. The Bertz CT molecular complexity index is 607. The second kappa shape index (κ2) is 4.76. The minimum atomic E-state index is 0.0646. The molecule has 0 saturated carbocycles. The van der Waals surface area contributed by atoms with Crippen LogP contribution in [0, 0.1) is 6.92 Å². The van der Waals surface area contributed by atoms with Crippen molar-refractivity contribution in [1.29, 1.82) is 0 Å². The van der Waals surface area contributed by atoms with E-state index in [1.807, 2.05) is 0 Å². The third-order valence-electron chi connectivity index (χ3n) is 3.49. The van der Waals surface area contributed by atoms with E-state index in [9.17, 15) is 0 Å². The van der Waals surface area contributed by atoms with Crippen LogP contribution in [-0.4, -0.2) is 9.78 Å². The van der Waals surface area contributed by atoms with Gasteiger partial charge >= 0.3 is 0 Å². The van der Waals surface area contributed by atoms with Crippen molar-refractivity contribution in [2.24, 2.45) is 0 Å². The average Bonchev–Trinajstić information content (AvgIpc) is 2.72. The summed E-state index contributed by atoms with van der Waals surface area (Å²) in [6, 6.07) is 10.8. The Morgan fingerprint density at radius 1 is 0.900 bits per heavy atom. The molecule has 0 aliphatic rings. The average molecular weight is 270 g/mol. The fourth-order valence-corrected chi connectivity index (χ4v) is 2.24. The summed E-state index contributed by atoms with van der Waals surface area (Å²) in [7, 11) is 0. The first-order valence-corrected chi connectivity index (χ1v) is 7.27. The molecule has 1 aromatic carbocycles. The molecule has 2 rings (SSSR count). The van der Waals surface area contributed by atoms with E-state index < -0.39 is 0 Å². The number of nitrogens with zero attached hydrogens (tertiary/aromatic N) is 2. The van der Waals surface area contributed by atoms with Gasteiger partial charge < -0.3 is 0 Å². The number of rotatable bonds is 1. The molecule has 0 N–H and O–H groups in total. The summed E-state index contributed by atoms with van der Waals surface area (Å²) >= 11 is 0. The van der Waals surface area contributed by atoms with E-state index in [1.165, 1.54) is 11.3 Å². The normalized spacial score (nSPS) is 12.8. The molecule has 0 spiro atoms. The van der Waals surface area contributed by atoms with Gasteiger partial charge in [0.1, 0.15) is 0 Å². The second-order valence-electron chi connectivity index (χ2n) is 7.67. The van der Waals surface area contributed by atoms with Crippen LogP contribution in [0.25, 0.3) is 5.69 Å². The molecule has 0 bridgehead atoms. The molecule has 108 valence electrons. The van der Waals surface area contributed by atoms with Crippen molar-refractivity contribution in [3.63, 3.8) is 0 Å². The molecule has 0 radical (unpaired) electrons. The van der Waals surface area contributed by atoms with Crippen molar-refractivity contribution in [3.8, 4) is 5.69 Å². The minimum Gasteiger partial charge on any atom is -0.237 e. The maximum absolute atomic E-state index is 4.88. The van der Waals surface area contributed by atoms with Crippen molar-refractivity contribution in [3.05, 3.63) is 47.3 Å².